The van der Waals surface area contributed by atoms with Crippen molar-refractivity contribution in [3.8, 4) is 17.0 Å². The van der Waals surface area contributed by atoms with Crippen LogP contribution < -0.4 is 10.4 Å². The quantitative estimate of drug-likeness (QED) is 0.486. The van der Waals surface area contributed by atoms with Gasteiger partial charge in [-0.05, 0) is 37.2 Å². The lowest BCUT2D eigenvalue weighted by Gasteiger charge is -2.37. The predicted octanol–water partition coefficient (Wildman–Crippen LogP) is 3.47. The second kappa shape index (κ2) is 7.37. The number of halogens is 2. The number of rotatable bonds is 3. The molecule has 3 aromatic heterocycles. The first-order chi connectivity index (χ1) is 16.4. The lowest BCUT2D eigenvalue weighted by atomic mass is 10.00. The van der Waals surface area contributed by atoms with E-state index in [2.05, 4.69) is 9.97 Å². The summed E-state index contributed by atoms with van der Waals surface area (Å²) in [7, 11) is 0.588. The number of aromatic nitrogens is 4. The molecular formula is C23H23F2N5O2. The minimum atomic E-state index is -3.08. The molecule has 4 heterocycles. The van der Waals surface area contributed by atoms with Gasteiger partial charge in [0.25, 0.3) is 5.92 Å². The molecule has 1 aliphatic rings. The van der Waals surface area contributed by atoms with E-state index in [9.17, 15) is 4.79 Å². The van der Waals surface area contributed by atoms with Gasteiger partial charge in [0, 0.05) is 36.8 Å². The van der Waals surface area contributed by atoms with E-state index in [1.807, 2.05) is 0 Å². The van der Waals surface area contributed by atoms with Crippen LogP contribution in [0.25, 0.3) is 33.1 Å². The van der Waals surface area contributed by atoms with Crippen LogP contribution in [0.2, 0.25) is 0 Å². The van der Waals surface area contributed by atoms with E-state index in [1.165, 1.54) is 27.6 Å². The Labute approximate surface area is 187 Å². The molecule has 0 spiro atoms. The highest BCUT2D eigenvalue weighted by atomic mass is 19.3. The summed E-state index contributed by atoms with van der Waals surface area (Å²) in [5.74, 6) is -3.12. The molecular weight excluding hydrogens is 416 g/mol. The van der Waals surface area contributed by atoms with E-state index in [0.717, 1.165) is 0 Å². The number of aryl methyl sites for hydroxylation is 1. The third-order valence-corrected chi connectivity index (χ3v) is 6.15. The monoisotopic (exact) mass is 442 g/mol. The van der Waals surface area contributed by atoms with Crippen LogP contribution in [0.3, 0.4) is 0 Å². The number of pyridine rings is 2. The Morgan fingerprint density at radius 1 is 1.16 bits per heavy atom. The summed E-state index contributed by atoms with van der Waals surface area (Å²) < 4.78 is 59.2. The van der Waals surface area contributed by atoms with Gasteiger partial charge in [0.15, 0.2) is 0 Å². The molecule has 4 aromatic rings. The number of ether oxygens (including phenoxy) is 1. The van der Waals surface area contributed by atoms with E-state index in [1.54, 1.807) is 43.3 Å². The second-order valence-electron chi connectivity index (χ2n) is 8.23. The molecule has 1 aliphatic heterocycles. The van der Waals surface area contributed by atoms with Gasteiger partial charge in [0.05, 0.1) is 40.4 Å². The van der Waals surface area contributed by atoms with Crippen molar-refractivity contribution in [1.82, 2.24) is 24.0 Å². The molecule has 7 nitrogen and oxygen atoms in total. The third kappa shape index (κ3) is 3.15. The zero-order valence-corrected chi connectivity index (χ0v) is 17.5. The van der Waals surface area contributed by atoms with Crippen molar-refractivity contribution in [3.05, 3.63) is 53.2 Å². The van der Waals surface area contributed by atoms with Crippen LogP contribution in [0.1, 0.15) is 16.6 Å². The van der Waals surface area contributed by atoms with Gasteiger partial charge in [-0.1, -0.05) is 6.07 Å². The van der Waals surface area contributed by atoms with Crippen LogP contribution in [-0.4, -0.2) is 57.1 Å². The van der Waals surface area contributed by atoms with E-state index in [4.69, 9.17) is 8.85 Å². The average molecular weight is 442 g/mol. The van der Waals surface area contributed by atoms with E-state index >= 15 is 8.78 Å². The zero-order valence-electron chi connectivity index (χ0n) is 20.5. The van der Waals surface area contributed by atoms with Crippen molar-refractivity contribution in [2.24, 2.45) is 7.05 Å². The van der Waals surface area contributed by atoms with E-state index in [-0.39, 0.29) is 12.3 Å². The summed E-state index contributed by atoms with van der Waals surface area (Å²) >= 11 is 0. The van der Waals surface area contributed by atoms with Crippen LogP contribution in [0.5, 0.6) is 5.88 Å². The van der Waals surface area contributed by atoms with Gasteiger partial charge in [0.2, 0.25) is 5.88 Å². The number of alkyl halides is 2. The zero-order chi connectivity index (χ0) is 25.1. The Morgan fingerprint density at radius 3 is 2.69 bits per heavy atom. The van der Waals surface area contributed by atoms with Crippen LogP contribution in [0, 0.1) is 0 Å². The van der Waals surface area contributed by atoms with Crippen LogP contribution in [-0.2, 0) is 7.05 Å². The van der Waals surface area contributed by atoms with Gasteiger partial charge < -0.3 is 9.64 Å². The second-order valence-corrected chi connectivity index (χ2v) is 8.23. The van der Waals surface area contributed by atoms with E-state index in [0.29, 0.717) is 39.6 Å². The molecule has 1 aromatic carbocycles. The minimum Gasteiger partial charge on any atom is -0.481 e. The summed E-state index contributed by atoms with van der Waals surface area (Å²) in [6.07, 6.45) is 3.14. The summed E-state index contributed by atoms with van der Waals surface area (Å²) in [4.78, 5) is 23.3. The summed E-state index contributed by atoms with van der Waals surface area (Å²) in [6, 6.07) is 7.18. The van der Waals surface area contributed by atoms with Crippen LogP contribution >= 0.6 is 0 Å². The topological polar surface area (TPSA) is 65.2 Å². The highest BCUT2D eigenvalue weighted by molar-refractivity contribution is 6.04. The highest BCUT2D eigenvalue weighted by Crippen LogP contribution is 2.39. The predicted molar refractivity (Wildman–Crippen MR) is 118 cm³/mol. The molecule has 0 unspecified atom stereocenters. The number of hydrogen-bond acceptors (Lipinski definition) is 5. The molecule has 1 atom stereocenters. The normalized spacial score (nSPS) is 20.8. The number of fused-ring (bicyclic) bond motifs is 3. The van der Waals surface area contributed by atoms with Crippen molar-refractivity contribution < 1.29 is 17.6 Å². The maximum atomic E-state index is 15.1. The molecule has 0 amide bonds. The van der Waals surface area contributed by atoms with Gasteiger partial charge >= 0.3 is 5.69 Å². The molecule has 0 N–H and O–H groups in total. The minimum absolute atomic E-state index is 0.0417. The Bertz CT molecular complexity index is 1480. The standard InChI is InChI=1S/C23H23F2N5O2/c1-28-9-8-19(23(24,25)13-28)30-21-16-10-14(15-5-7-20(32-3)27-11-15)4-6-17(16)26-12-18(21)29(2)22(30)31/h4-7,10-12,19H,8-9,13H2,1-3H3/t19-/m0/s1/i3D3. The number of nitrogens with zero attached hydrogens (tertiary/aromatic N) is 5. The van der Waals surface area contributed by atoms with Crippen molar-refractivity contribution in [2.75, 3.05) is 27.2 Å². The Balaban J connectivity index is 1.67. The number of benzene rings is 1. The smallest absolute Gasteiger partial charge is 0.329 e. The molecule has 166 valence electrons. The maximum absolute atomic E-state index is 15.1. The Kier molecular flexibility index (Phi) is 3.97. The molecule has 5 rings (SSSR count). The number of hydrogen-bond donors (Lipinski definition) is 0. The van der Waals surface area contributed by atoms with Crippen molar-refractivity contribution in [1.29, 1.82) is 0 Å². The largest absolute Gasteiger partial charge is 0.481 e. The molecule has 1 saturated heterocycles. The van der Waals surface area contributed by atoms with Crippen LogP contribution in [0.15, 0.2) is 47.5 Å². The van der Waals surface area contributed by atoms with Crippen molar-refractivity contribution in [3.63, 3.8) is 0 Å². The first-order valence-electron chi connectivity index (χ1n) is 11.7. The first kappa shape index (κ1) is 17.3. The van der Waals surface area contributed by atoms with Crippen molar-refractivity contribution >= 4 is 21.9 Å². The summed E-state index contributed by atoms with van der Waals surface area (Å²) in [6.45, 7) is 0.0266. The maximum Gasteiger partial charge on any atom is 0.329 e. The lowest BCUT2D eigenvalue weighted by Crippen LogP contribution is -2.49. The first-order valence-corrected chi connectivity index (χ1v) is 10.2. The number of piperidine rings is 1. The number of imidazole rings is 1. The molecule has 0 bridgehead atoms. The molecule has 9 heteroatoms. The van der Waals surface area contributed by atoms with Gasteiger partial charge in [-0.2, -0.15) is 0 Å². The molecule has 1 fully saturated rings. The average Bonchev–Trinajstić information content (AvgIpc) is 3.03. The summed E-state index contributed by atoms with van der Waals surface area (Å²) in [5, 5.41) is 0.565. The fraction of sp³-hybridized carbons (Fsp3) is 0.348. The van der Waals surface area contributed by atoms with Crippen molar-refractivity contribution in [2.45, 2.75) is 18.4 Å². The summed E-state index contributed by atoms with van der Waals surface area (Å²) in [5.41, 5.74) is 2.30. The Hall–Kier alpha value is -3.33. The van der Waals surface area contributed by atoms with Crippen LogP contribution in [0.4, 0.5) is 8.78 Å². The molecule has 0 saturated carbocycles. The molecule has 32 heavy (non-hydrogen) atoms. The van der Waals surface area contributed by atoms with Gasteiger partial charge in [0.1, 0.15) is 6.04 Å². The van der Waals surface area contributed by atoms with E-state index < -0.39 is 31.2 Å². The Morgan fingerprint density at radius 2 is 1.97 bits per heavy atom. The lowest BCUT2D eigenvalue weighted by molar-refractivity contribution is -0.0977. The molecule has 0 aliphatic carbocycles. The third-order valence-electron chi connectivity index (χ3n) is 6.15. The fourth-order valence-corrected chi connectivity index (χ4v) is 4.52. The van der Waals surface area contributed by atoms with Gasteiger partial charge in [-0.3, -0.25) is 14.1 Å². The van der Waals surface area contributed by atoms with Gasteiger partial charge in [-0.25, -0.2) is 18.6 Å². The van der Waals surface area contributed by atoms with Gasteiger partial charge in [-0.15, -0.1) is 0 Å². The molecule has 0 radical (unpaired) electrons. The number of methoxy groups -OCH3 is 1. The number of likely N-dealkylation sites (tertiary alicyclic amines) is 1. The SMILES string of the molecule is [2H]C([2H])([2H])Oc1ccc(-c2ccc3ncc4c(c3c2)n([C@H]2CCN(C)CC2(F)F)c(=O)n4C)cn1. The highest BCUT2D eigenvalue weighted by Gasteiger charge is 2.46. The fourth-order valence-electron chi connectivity index (χ4n) is 4.52.